The maximum atomic E-state index is 13.3. The fourth-order valence-electron chi connectivity index (χ4n) is 4.48. The van der Waals surface area contributed by atoms with Gasteiger partial charge in [-0.15, -0.1) is 5.06 Å². The molecule has 0 bridgehead atoms. The number of rotatable bonds is 22. The van der Waals surface area contributed by atoms with E-state index in [9.17, 15) is 38.7 Å². The number of hydrogen-bond acceptors (Lipinski definition) is 12. The van der Waals surface area contributed by atoms with Gasteiger partial charge in [0, 0.05) is 38.4 Å². The number of carbonyl (C=O) groups is 7. The molecule has 1 heterocycles. The molecule has 1 fully saturated rings. The molecule has 278 valence electrons. The fourth-order valence-corrected chi connectivity index (χ4v) is 4.48. The average Bonchev–Trinajstić information content (AvgIpc) is 3.37. The van der Waals surface area contributed by atoms with Gasteiger partial charge in [0.2, 0.25) is 17.7 Å². The highest BCUT2D eigenvalue weighted by Crippen LogP contribution is 2.17. The number of nitrogens with zero attached hydrogens (tertiary/aromatic N) is 1. The van der Waals surface area contributed by atoms with Gasteiger partial charge in [0.05, 0.1) is 32.8 Å². The van der Waals surface area contributed by atoms with E-state index < -0.39 is 59.9 Å². The molecule has 1 aromatic carbocycles. The van der Waals surface area contributed by atoms with Gasteiger partial charge in [-0.1, -0.05) is 26.0 Å². The number of nitrogens with two attached hydrogens (primary N) is 1. The minimum Gasteiger partial charge on any atom is -0.461 e. The summed E-state index contributed by atoms with van der Waals surface area (Å²) >= 11 is 0. The molecule has 3 atom stereocenters. The number of benzene rings is 1. The topological polar surface area (TPSA) is 254 Å². The van der Waals surface area contributed by atoms with Crippen LogP contribution in [-0.2, 0) is 54.4 Å². The zero-order valence-electron chi connectivity index (χ0n) is 28.6. The summed E-state index contributed by atoms with van der Waals surface area (Å²) in [6.45, 7) is 5.29. The number of hydrogen-bond donors (Lipinski definition) is 6. The van der Waals surface area contributed by atoms with Crippen LogP contribution in [0.1, 0.15) is 64.9 Å². The Hall–Kier alpha value is -4.81. The minimum absolute atomic E-state index is 0.00339. The molecule has 1 aromatic rings. The van der Waals surface area contributed by atoms with Gasteiger partial charge >= 0.3 is 18.0 Å². The van der Waals surface area contributed by atoms with E-state index in [-0.39, 0.29) is 77.6 Å². The first-order chi connectivity index (χ1) is 23.8. The number of nitrogens with one attached hydrogen (secondary N) is 4. The Labute approximate surface area is 290 Å². The van der Waals surface area contributed by atoms with Gasteiger partial charge in [0.1, 0.15) is 18.7 Å². The number of anilines is 1. The van der Waals surface area contributed by atoms with Crippen molar-refractivity contribution in [1.82, 2.24) is 21.0 Å². The smallest absolute Gasteiger partial charge is 0.334 e. The third-order valence-electron chi connectivity index (χ3n) is 7.16. The summed E-state index contributed by atoms with van der Waals surface area (Å²) in [7, 11) is 0. The second kappa shape index (κ2) is 22.0. The highest BCUT2D eigenvalue weighted by atomic mass is 16.7. The van der Waals surface area contributed by atoms with Crippen molar-refractivity contribution in [2.75, 3.05) is 38.3 Å². The highest BCUT2D eigenvalue weighted by Gasteiger charge is 2.33. The number of carbonyl (C=O) groups excluding carboxylic acids is 7. The predicted molar refractivity (Wildman–Crippen MR) is 175 cm³/mol. The summed E-state index contributed by atoms with van der Waals surface area (Å²) in [4.78, 5) is 89.5. The number of urea groups is 1. The maximum absolute atomic E-state index is 13.3. The van der Waals surface area contributed by atoms with Crippen LogP contribution in [-0.4, -0.2) is 103 Å². The zero-order chi connectivity index (χ0) is 37.1. The number of aliphatic hydroxyl groups is 1. The summed E-state index contributed by atoms with van der Waals surface area (Å²) in [6.07, 6.45) is -0.589. The van der Waals surface area contributed by atoms with Crippen molar-refractivity contribution >= 4 is 47.3 Å². The van der Waals surface area contributed by atoms with Crippen molar-refractivity contribution in [2.24, 2.45) is 11.7 Å². The minimum atomic E-state index is -1.15. The van der Waals surface area contributed by atoms with E-state index >= 15 is 0 Å². The molecule has 18 heteroatoms. The van der Waals surface area contributed by atoms with Gasteiger partial charge in [0.15, 0.2) is 6.23 Å². The van der Waals surface area contributed by atoms with Crippen LogP contribution in [0, 0.1) is 5.92 Å². The largest absolute Gasteiger partial charge is 0.461 e. The summed E-state index contributed by atoms with van der Waals surface area (Å²) < 4.78 is 15.7. The van der Waals surface area contributed by atoms with E-state index in [4.69, 9.17) is 24.8 Å². The molecule has 2 rings (SSSR count). The SMILES string of the molecule is CC(=O)OCc1ccc(NC(=O)[C@H](CCCNC(N)=O)NC(=O)[C@@H](NC(=O)CCOCCOCCC(=O)ON2C(=O)CCC2O)C(C)C)cc1. The first-order valence-electron chi connectivity index (χ1n) is 16.3. The molecular weight excluding hydrogens is 660 g/mol. The van der Waals surface area contributed by atoms with Gasteiger partial charge in [-0.25, -0.2) is 9.59 Å². The molecule has 1 aliphatic heterocycles. The van der Waals surface area contributed by atoms with E-state index in [2.05, 4.69) is 21.3 Å². The van der Waals surface area contributed by atoms with E-state index in [1.54, 1.807) is 38.1 Å². The van der Waals surface area contributed by atoms with Gasteiger partial charge in [-0.3, -0.25) is 24.0 Å². The van der Waals surface area contributed by atoms with Crippen LogP contribution >= 0.6 is 0 Å². The van der Waals surface area contributed by atoms with E-state index in [1.807, 2.05) is 0 Å². The van der Waals surface area contributed by atoms with Gasteiger partial charge < -0.3 is 51.2 Å². The van der Waals surface area contributed by atoms with Crippen LogP contribution in [0.25, 0.3) is 0 Å². The lowest BCUT2D eigenvalue weighted by Gasteiger charge is -2.25. The summed E-state index contributed by atoms with van der Waals surface area (Å²) in [5.41, 5.74) is 6.27. The molecule has 6 amide bonds. The summed E-state index contributed by atoms with van der Waals surface area (Å²) in [5, 5.41) is 20.8. The second-order valence-electron chi connectivity index (χ2n) is 11.7. The predicted octanol–water partition coefficient (Wildman–Crippen LogP) is -0.0253. The number of aliphatic hydroxyl groups excluding tert-OH is 1. The molecule has 18 nitrogen and oxygen atoms in total. The van der Waals surface area contributed by atoms with Crippen LogP contribution in [0.4, 0.5) is 10.5 Å². The fraction of sp³-hybridized carbons (Fsp3) is 0.594. The van der Waals surface area contributed by atoms with E-state index in [1.165, 1.54) is 6.92 Å². The second-order valence-corrected chi connectivity index (χ2v) is 11.7. The molecule has 1 saturated heterocycles. The van der Waals surface area contributed by atoms with Gasteiger partial charge in [0.25, 0.3) is 5.91 Å². The number of amides is 6. The average molecular weight is 709 g/mol. The third kappa shape index (κ3) is 16.1. The van der Waals surface area contributed by atoms with Gasteiger partial charge in [-0.2, -0.15) is 0 Å². The number of esters is 1. The zero-order valence-corrected chi connectivity index (χ0v) is 28.6. The van der Waals surface area contributed by atoms with E-state index in [0.29, 0.717) is 22.7 Å². The molecule has 1 unspecified atom stereocenters. The number of hydroxylamine groups is 2. The Morgan fingerprint density at radius 2 is 1.62 bits per heavy atom. The number of ether oxygens (including phenoxy) is 3. The van der Waals surface area contributed by atoms with Crippen LogP contribution < -0.4 is 27.0 Å². The van der Waals surface area contributed by atoms with Crippen molar-refractivity contribution in [1.29, 1.82) is 0 Å². The van der Waals surface area contributed by atoms with Crippen molar-refractivity contribution < 1.29 is 57.7 Å². The molecular formula is C32H48N6O12. The van der Waals surface area contributed by atoms with Crippen molar-refractivity contribution in [2.45, 2.75) is 84.2 Å². The normalized spacial score (nSPS) is 15.2. The summed E-state index contributed by atoms with van der Waals surface area (Å²) in [6, 6.07) is 3.89. The molecule has 0 saturated carbocycles. The molecule has 0 spiro atoms. The lowest BCUT2D eigenvalue weighted by Crippen LogP contribution is -2.54. The van der Waals surface area contributed by atoms with Crippen LogP contribution in [0.15, 0.2) is 24.3 Å². The van der Waals surface area contributed by atoms with Crippen LogP contribution in [0.2, 0.25) is 0 Å². The Kier molecular flexibility index (Phi) is 18.2. The molecule has 0 aliphatic carbocycles. The lowest BCUT2D eigenvalue weighted by molar-refractivity contribution is -0.221. The molecule has 7 N–H and O–H groups in total. The Morgan fingerprint density at radius 3 is 2.20 bits per heavy atom. The van der Waals surface area contributed by atoms with Crippen molar-refractivity contribution in [3.05, 3.63) is 29.8 Å². The molecule has 1 aliphatic rings. The summed E-state index contributed by atoms with van der Waals surface area (Å²) in [5.74, 6) is -3.51. The molecule has 50 heavy (non-hydrogen) atoms. The Morgan fingerprint density at radius 1 is 0.960 bits per heavy atom. The van der Waals surface area contributed by atoms with Crippen LogP contribution in [0.3, 0.4) is 0 Å². The van der Waals surface area contributed by atoms with Crippen LogP contribution in [0.5, 0.6) is 0 Å². The lowest BCUT2D eigenvalue weighted by atomic mass is 10.0. The van der Waals surface area contributed by atoms with Crippen molar-refractivity contribution in [3.8, 4) is 0 Å². The maximum Gasteiger partial charge on any atom is 0.334 e. The van der Waals surface area contributed by atoms with E-state index in [0.717, 1.165) is 0 Å². The number of primary amides is 1. The monoisotopic (exact) mass is 708 g/mol. The molecule has 0 aromatic heterocycles. The first-order valence-corrected chi connectivity index (χ1v) is 16.3. The van der Waals surface area contributed by atoms with Gasteiger partial charge in [-0.05, 0) is 36.5 Å². The highest BCUT2D eigenvalue weighted by molar-refractivity contribution is 5.98. The Balaban J connectivity index is 1.80. The first kappa shape index (κ1) is 41.4. The third-order valence-corrected chi connectivity index (χ3v) is 7.16. The molecule has 0 radical (unpaired) electrons. The standard InChI is InChI=1S/C32H48N6O12/c1-20(2)29(37-25(40)12-15-47-17-18-48-16-13-28(43)50-38-26(41)10-11-27(38)42)31(45)36-24(5-4-14-34-32(33)46)30(44)35-23-8-6-22(7-9-23)19-49-21(3)39/h6-9,20,24,26,29,41H,4-5,10-19H2,1-3H3,(H,35,44)(H,36,45)(H,37,40)(H3,33,34,46)/t24-,26?,29-/m0/s1. The van der Waals surface area contributed by atoms with Crippen molar-refractivity contribution in [3.63, 3.8) is 0 Å². The Bertz CT molecular complexity index is 1310. The quantitative estimate of drug-likeness (QED) is 0.0686.